The summed E-state index contributed by atoms with van der Waals surface area (Å²) in [6.07, 6.45) is 12.6. The minimum Gasteiger partial charge on any atom is 0 e. The molecule has 0 saturated heterocycles. The van der Waals surface area contributed by atoms with Crippen molar-refractivity contribution in [2.45, 2.75) is 46.5 Å². The molecule has 121 valence electrons. The van der Waals surface area contributed by atoms with Crippen LogP contribution in [0.1, 0.15) is 46.5 Å². The summed E-state index contributed by atoms with van der Waals surface area (Å²) in [5.41, 5.74) is 0. The molecule has 20 heavy (non-hydrogen) atoms. The van der Waals surface area contributed by atoms with E-state index in [0.717, 1.165) is 25.7 Å². The molecule has 0 fully saturated rings. The van der Waals surface area contributed by atoms with E-state index in [2.05, 4.69) is 12.2 Å². The summed E-state index contributed by atoms with van der Waals surface area (Å²) in [6.45, 7) is 6.75. The van der Waals surface area contributed by atoms with E-state index in [1.807, 2.05) is 32.9 Å². The van der Waals surface area contributed by atoms with E-state index in [1.165, 1.54) is 0 Å². The van der Waals surface area contributed by atoms with Crippen LogP contribution in [0.3, 0.4) is 0 Å². The van der Waals surface area contributed by atoms with Gasteiger partial charge < -0.3 is 15.3 Å². The standard InChI is InChI=1S/C5H5.3C3H8O.FGeH2.Zr/c1-2-4-5-3-1;3*1-2-3-4;1-2;/h1-3H,4H2;3*4H,2-3H2,1H3;2H2;/q-1;;;;;. The fourth-order valence-corrected chi connectivity index (χ4v) is 0.340. The molecule has 0 amide bonds. The Balaban J connectivity index is -0.0000000476. The number of rotatable bonds is 3. The Labute approximate surface area is 152 Å². The summed E-state index contributed by atoms with van der Waals surface area (Å²) in [7, 11) is 0. The molecule has 0 aliphatic heterocycles. The van der Waals surface area contributed by atoms with Gasteiger partial charge in [-0.05, 0) is 19.3 Å². The van der Waals surface area contributed by atoms with Gasteiger partial charge in [-0.25, -0.2) is 12.2 Å². The molecule has 0 aromatic rings. The van der Waals surface area contributed by atoms with Crippen LogP contribution in [0.2, 0.25) is 0 Å². The van der Waals surface area contributed by atoms with Crippen LogP contribution in [0.4, 0.5) is 3.50 Å². The van der Waals surface area contributed by atoms with Crippen molar-refractivity contribution in [1.29, 1.82) is 0 Å². The van der Waals surface area contributed by atoms with E-state index in [4.69, 9.17) is 15.3 Å². The van der Waals surface area contributed by atoms with Gasteiger partial charge in [-0.1, -0.05) is 20.8 Å². The van der Waals surface area contributed by atoms with Crippen molar-refractivity contribution in [3.05, 3.63) is 24.3 Å². The number of aliphatic hydroxyl groups is 3. The van der Waals surface area contributed by atoms with Crippen molar-refractivity contribution in [3.8, 4) is 0 Å². The maximum absolute atomic E-state index is 9.62. The van der Waals surface area contributed by atoms with Crippen molar-refractivity contribution >= 4 is 17.0 Å². The first-order valence-corrected chi connectivity index (χ1v) is 7.68. The van der Waals surface area contributed by atoms with Gasteiger partial charge in [0.25, 0.3) is 0 Å². The van der Waals surface area contributed by atoms with Gasteiger partial charge in [0.2, 0.25) is 0 Å². The predicted octanol–water partition coefficient (Wildman–Crippen LogP) is 1.97. The van der Waals surface area contributed by atoms with Gasteiger partial charge in [-0.2, -0.15) is 6.08 Å². The Hall–Kier alpha value is 0.716. The van der Waals surface area contributed by atoms with E-state index >= 15 is 0 Å². The van der Waals surface area contributed by atoms with E-state index in [0.29, 0.717) is 19.8 Å². The Morgan fingerprint density at radius 2 is 1.25 bits per heavy atom. The molecule has 3 N–H and O–H groups in total. The topological polar surface area (TPSA) is 60.7 Å². The summed E-state index contributed by atoms with van der Waals surface area (Å²) in [5, 5.41) is 23.6. The second kappa shape index (κ2) is 50.3. The third-order valence-corrected chi connectivity index (χ3v) is 1.26. The van der Waals surface area contributed by atoms with Crippen LogP contribution in [0.5, 0.6) is 0 Å². The van der Waals surface area contributed by atoms with Gasteiger partial charge in [0.05, 0.1) is 0 Å². The molecule has 6 heteroatoms. The van der Waals surface area contributed by atoms with Gasteiger partial charge in [0.1, 0.15) is 0 Å². The van der Waals surface area contributed by atoms with Gasteiger partial charge >= 0.3 is 20.5 Å². The normalized spacial score (nSPS) is 9.20. The molecule has 0 aromatic heterocycles. The van der Waals surface area contributed by atoms with Crippen LogP contribution in [-0.2, 0) is 26.2 Å². The number of aliphatic hydroxyl groups excluding tert-OH is 3. The molecule has 0 atom stereocenters. The molecular weight excluding hydrogens is 399 g/mol. The zero-order valence-corrected chi connectivity index (χ0v) is 18.5. The number of hydrogen-bond acceptors (Lipinski definition) is 3. The van der Waals surface area contributed by atoms with Gasteiger partial charge in [0.15, 0.2) is 0 Å². The molecule has 1 rings (SSSR count). The van der Waals surface area contributed by atoms with Crippen molar-refractivity contribution in [2.75, 3.05) is 19.8 Å². The van der Waals surface area contributed by atoms with E-state index < -0.39 is 0 Å². The largest absolute Gasteiger partial charge is 0 e. The molecule has 0 bridgehead atoms. The maximum Gasteiger partial charge on any atom is 0 e. The zero-order chi connectivity index (χ0) is 15.8. The molecule has 0 saturated carbocycles. The third kappa shape index (κ3) is 77.3. The van der Waals surface area contributed by atoms with Crippen molar-refractivity contribution in [2.24, 2.45) is 0 Å². The molecule has 0 unspecified atom stereocenters. The minimum absolute atomic E-state index is 0. The van der Waals surface area contributed by atoms with Crippen LogP contribution < -0.4 is 0 Å². The molecular formula is C14H31FGeO3Zr-. The number of hydrogen-bond donors (Lipinski definition) is 3. The quantitative estimate of drug-likeness (QED) is 0.474. The number of allylic oxidation sites excluding steroid dienone is 4. The summed E-state index contributed by atoms with van der Waals surface area (Å²) in [4.78, 5) is 0. The SMILES string of the molecule is CCCO.CCCO.CCCO.[C-]1=CC=CC1.[F][GeH2].[Zr]. The van der Waals surface area contributed by atoms with E-state index in [-0.39, 0.29) is 43.2 Å². The second-order valence-electron chi connectivity index (χ2n) is 3.17. The van der Waals surface area contributed by atoms with Crippen LogP contribution >= 0.6 is 0 Å². The second-order valence-corrected chi connectivity index (χ2v) is 3.17. The van der Waals surface area contributed by atoms with Crippen molar-refractivity contribution < 1.29 is 45.0 Å². The fraction of sp³-hybridized carbons (Fsp3) is 0.714. The van der Waals surface area contributed by atoms with Crippen LogP contribution in [0, 0.1) is 6.08 Å². The first kappa shape index (κ1) is 32.6. The average Bonchev–Trinajstić information content (AvgIpc) is 3.09. The molecule has 3 nitrogen and oxygen atoms in total. The Kier molecular flexibility index (Phi) is 82.0. The average molecular weight is 430 g/mol. The van der Waals surface area contributed by atoms with Crippen molar-refractivity contribution in [1.82, 2.24) is 0 Å². The summed E-state index contributed by atoms with van der Waals surface area (Å²) in [6, 6.07) is 0. The van der Waals surface area contributed by atoms with Gasteiger partial charge in [0, 0.05) is 46.0 Å². The van der Waals surface area contributed by atoms with E-state index in [9.17, 15) is 3.50 Å². The monoisotopic (exact) mass is 430 g/mol. The Morgan fingerprint density at radius 1 is 0.950 bits per heavy atom. The predicted molar refractivity (Wildman–Crippen MR) is 83.4 cm³/mol. The summed E-state index contributed by atoms with van der Waals surface area (Å²) >= 11 is -0.125. The van der Waals surface area contributed by atoms with Crippen LogP contribution in [0.25, 0.3) is 0 Å². The van der Waals surface area contributed by atoms with E-state index in [1.54, 1.807) is 0 Å². The summed E-state index contributed by atoms with van der Waals surface area (Å²) in [5.74, 6) is 0. The maximum atomic E-state index is 9.62. The molecule has 1 aliphatic carbocycles. The molecule has 0 aromatic carbocycles. The summed E-state index contributed by atoms with van der Waals surface area (Å²) < 4.78 is 9.62. The molecule has 1 aliphatic rings. The van der Waals surface area contributed by atoms with Crippen LogP contribution in [-0.4, -0.2) is 52.1 Å². The van der Waals surface area contributed by atoms with Gasteiger partial charge in [-0.3, -0.25) is 6.08 Å². The Bertz CT molecular complexity index is 134. The van der Waals surface area contributed by atoms with Crippen molar-refractivity contribution in [3.63, 3.8) is 0 Å². The molecule has 0 spiro atoms. The smallest absolute Gasteiger partial charge is 0 e. The first-order chi connectivity index (χ1) is 9.24. The zero-order valence-electron chi connectivity index (χ0n) is 13.1. The fourth-order valence-electron chi connectivity index (χ4n) is 0.340. The van der Waals surface area contributed by atoms with Gasteiger partial charge in [-0.15, -0.1) is 6.42 Å². The Morgan fingerprint density at radius 3 is 1.30 bits per heavy atom. The first-order valence-electron chi connectivity index (χ1n) is 6.55. The third-order valence-electron chi connectivity index (χ3n) is 1.26. The molecule has 1 radical (unpaired) electrons. The number of halogens is 1. The van der Waals surface area contributed by atoms with Crippen LogP contribution in [0.15, 0.2) is 18.2 Å². The minimum atomic E-state index is -0.125. The molecule has 0 heterocycles.